The van der Waals surface area contributed by atoms with Gasteiger partial charge in [0, 0.05) is 16.2 Å². The summed E-state index contributed by atoms with van der Waals surface area (Å²) in [4.78, 5) is 10.3. The van der Waals surface area contributed by atoms with Crippen molar-refractivity contribution in [2.45, 2.75) is 6.18 Å². The van der Waals surface area contributed by atoms with Crippen molar-refractivity contribution in [3.05, 3.63) is 33.8 Å². The van der Waals surface area contributed by atoms with Gasteiger partial charge < -0.3 is 10.8 Å². The molecule has 0 saturated carbocycles. The summed E-state index contributed by atoms with van der Waals surface area (Å²) in [7, 11) is 0. The van der Waals surface area contributed by atoms with Gasteiger partial charge in [-0.15, -0.1) is 0 Å². The highest BCUT2D eigenvalue weighted by Gasteiger charge is 2.35. The van der Waals surface area contributed by atoms with E-state index in [9.17, 15) is 18.0 Å². The molecule has 0 spiro atoms. The van der Waals surface area contributed by atoms with Gasteiger partial charge in [-0.25, -0.2) is 4.79 Å². The molecular formula is C10H7BrF3NO2. The molecule has 17 heavy (non-hydrogen) atoms. The molecule has 0 aliphatic heterocycles. The van der Waals surface area contributed by atoms with Crippen LogP contribution in [0.3, 0.4) is 0 Å². The number of benzene rings is 1. The molecule has 92 valence electrons. The molecule has 1 aromatic rings. The zero-order valence-electron chi connectivity index (χ0n) is 8.25. The molecule has 0 heterocycles. The topological polar surface area (TPSA) is 63.3 Å². The number of nitrogen functional groups attached to an aromatic ring is 1. The van der Waals surface area contributed by atoms with Crippen molar-refractivity contribution in [1.82, 2.24) is 0 Å². The number of carboxylic acids is 1. The fraction of sp³-hybridized carbons (Fsp3) is 0.100. The Bertz CT molecular complexity index is 460. The molecule has 7 heteroatoms. The smallest absolute Gasteiger partial charge is 0.419 e. The number of alkyl halides is 3. The van der Waals surface area contributed by atoms with Gasteiger partial charge in [0.15, 0.2) is 0 Å². The number of hydrogen-bond acceptors (Lipinski definition) is 2. The molecule has 0 radical (unpaired) electrons. The van der Waals surface area contributed by atoms with E-state index in [-0.39, 0.29) is 10.0 Å². The van der Waals surface area contributed by atoms with E-state index in [1.807, 2.05) is 0 Å². The molecule has 0 aliphatic rings. The fourth-order valence-electron chi connectivity index (χ4n) is 1.21. The summed E-state index contributed by atoms with van der Waals surface area (Å²) in [6, 6.07) is 2.21. The summed E-state index contributed by atoms with van der Waals surface area (Å²) < 4.78 is 37.4. The molecule has 1 rings (SSSR count). The Morgan fingerprint density at radius 3 is 2.41 bits per heavy atom. The van der Waals surface area contributed by atoms with Crippen molar-refractivity contribution in [2.75, 3.05) is 5.73 Å². The normalized spacial score (nSPS) is 12.0. The molecule has 0 fully saturated rings. The number of aliphatic carboxylic acids is 1. The first-order valence-corrected chi connectivity index (χ1v) is 5.08. The predicted octanol–water partition coefficient (Wildman–Crippen LogP) is 3.15. The average Bonchev–Trinajstić information content (AvgIpc) is 2.11. The third-order valence-electron chi connectivity index (χ3n) is 1.84. The Labute approximate surface area is 103 Å². The summed E-state index contributed by atoms with van der Waals surface area (Å²) in [5.74, 6) is -1.19. The fourth-order valence-corrected chi connectivity index (χ4v) is 1.93. The Morgan fingerprint density at radius 1 is 1.41 bits per heavy atom. The maximum atomic E-state index is 12.5. The minimum absolute atomic E-state index is 0.227. The number of halogens is 4. The molecule has 3 nitrogen and oxygen atoms in total. The second-order valence-electron chi connectivity index (χ2n) is 3.14. The van der Waals surface area contributed by atoms with Crippen LogP contribution in [0.2, 0.25) is 0 Å². The van der Waals surface area contributed by atoms with Crippen LogP contribution in [0.25, 0.3) is 6.08 Å². The van der Waals surface area contributed by atoms with Gasteiger partial charge in [-0.05, 0) is 23.8 Å². The van der Waals surface area contributed by atoms with Crippen LogP contribution in [0.1, 0.15) is 11.1 Å². The van der Waals surface area contributed by atoms with Gasteiger partial charge in [-0.3, -0.25) is 0 Å². The third kappa shape index (κ3) is 3.48. The van der Waals surface area contributed by atoms with Crippen molar-refractivity contribution >= 4 is 33.7 Å². The van der Waals surface area contributed by atoms with Gasteiger partial charge in [-0.2, -0.15) is 13.2 Å². The number of hydrogen-bond donors (Lipinski definition) is 2. The molecule has 0 aliphatic carbocycles. The number of carboxylic acid groups (broad SMARTS) is 1. The first kappa shape index (κ1) is 13.6. The number of anilines is 1. The van der Waals surface area contributed by atoms with Crippen molar-refractivity contribution in [2.24, 2.45) is 0 Å². The van der Waals surface area contributed by atoms with Gasteiger partial charge in [-0.1, -0.05) is 15.9 Å². The standard InChI is InChI=1S/C10H7BrF3NO2/c11-6-3-5(1-2-8(16)17)4-7(15)9(6)10(12,13)14/h1-4H,15H2,(H,16,17)/b2-1+. The molecule has 0 aromatic heterocycles. The number of nitrogens with two attached hydrogens (primary N) is 1. The Kier molecular flexibility index (Phi) is 3.82. The molecule has 0 unspecified atom stereocenters. The third-order valence-corrected chi connectivity index (χ3v) is 2.47. The molecule has 0 amide bonds. The summed E-state index contributed by atoms with van der Waals surface area (Å²) >= 11 is 2.76. The van der Waals surface area contributed by atoms with Crippen molar-refractivity contribution < 1.29 is 23.1 Å². The summed E-state index contributed by atoms with van der Waals surface area (Å²) in [6.07, 6.45) is -2.59. The van der Waals surface area contributed by atoms with Crippen LogP contribution in [0, 0.1) is 0 Å². The van der Waals surface area contributed by atoms with Gasteiger partial charge in [0.05, 0.1) is 5.56 Å². The highest BCUT2D eigenvalue weighted by atomic mass is 79.9. The van der Waals surface area contributed by atoms with E-state index in [1.165, 1.54) is 0 Å². The van der Waals surface area contributed by atoms with Crippen LogP contribution in [0.4, 0.5) is 18.9 Å². The van der Waals surface area contributed by atoms with Gasteiger partial charge in [0.1, 0.15) is 0 Å². The Balaban J connectivity index is 3.23. The van der Waals surface area contributed by atoms with Gasteiger partial charge >= 0.3 is 12.1 Å². The monoisotopic (exact) mass is 309 g/mol. The lowest BCUT2D eigenvalue weighted by molar-refractivity contribution is -0.137. The van der Waals surface area contributed by atoms with E-state index in [0.717, 1.165) is 24.3 Å². The Hall–Kier alpha value is -1.50. The van der Waals surface area contributed by atoms with E-state index in [1.54, 1.807) is 0 Å². The highest BCUT2D eigenvalue weighted by Crippen LogP contribution is 2.39. The number of carbonyl (C=O) groups is 1. The SMILES string of the molecule is Nc1cc(/C=C/C(=O)O)cc(Br)c1C(F)(F)F. The summed E-state index contributed by atoms with van der Waals surface area (Å²) in [6.45, 7) is 0. The molecule has 3 N–H and O–H groups in total. The summed E-state index contributed by atoms with van der Waals surface area (Å²) in [5.41, 5.74) is 4.12. The number of rotatable bonds is 2. The van der Waals surface area contributed by atoms with Crippen molar-refractivity contribution in [3.8, 4) is 0 Å². The largest absolute Gasteiger partial charge is 0.478 e. The van der Waals surface area contributed by atoms with Gasteiger partial charge in [0.25, 0.3) is 0 Å². The van der Waals surface area contributed by atoms with E-state index in [2.05, 4.69) is 15.9 Å². The van der Waals surface area contributed by atoms with E-state index in [0.29, 0.717) is 0 Å². The Morgan fingerprint density at radius 2 is 2.00 bits per heavy atom. The van der Waals surface area contributed by atoms with Crippen LogP contribution in [0.15, 0.2) is 22.7 Å². The molecule has 0 bridgehead atoms. The molecular weight excluding hydrogens is 303 g/mol. The molecule has 0 atom stereocenters. The van der Waals surface area contributed by atoms with Crippen molar-refractivity contribution in [3.63, 3.8) is 0 Å². The quantitative estimate of drug-likeness (QED) is 0.651. The zero-order chi connectivity index (χ0) is 13.2. The highest BCUT2D eigenvalue weighted by molar-refractivity contribution is 9.10. The van der Waals surface area contributed by atoms with Crippen LogP contribution in [-0.4, -0.2) is 11.1 Å². The second-order valence-corrected chi connectivity index (χ2v) is 3.99. The minimum Gasteiger partial charge on any atom is -0.478 e. The first-order chi connectivity index (χ1) is 7.71. The lowest BCUT2D eigenvalue weighted by atomic mass is 10.1. The minimum atomic E-state index is -4.56. The van der Waals surface area contributed by atoms with Crippen molar-refractivity contribution in [1.29, 1.82) is 0 Å². The zero-order valence-corrected chi connectivity index (χ0v) is 9.84. The van der Waals surface area contributed by atoms with Crippen LogP contribution >= 0.6 is 15.9 Å². The van der Waals surface area contributed by atoms with Crippen LogP contribution in [-0.2, 0) is 11.0 Å². The maximum absolute atomic E-state index is 12.5. The van der Waals surface area contributed by atoms with E-state index in [4.69, 9.17) is 10.8 Å². The lowest BCUT2D eigenvalue weighted by Crippen LogP contribution is -2.10. The lowest BCUT2D eigenvalue weighted by Gasteiger charge is -2.12. The van der Waals surface area contributed by atoms with Gasteiger partial charge in [0.2, 0.25) is 0 Å². The molecule has 1 aromatic carbocycles. The van der Waals surface area contributed by atoms with Crippen LogP contribution < -0.4 is 5.73 Å². The van der Waals surface area contributed by atoms with Crippen LogP contribution in [0.5, 0.6) is 0 Å². The maximum Gasteiger partial charge on any atom is 0.419 e. The van der Waals surface area contributed by atoms with E-state index < -0.39 is 23.4 Å². The van der Waals surface area contributed by atoms with E-state index >= 15 is 0 Å². The predicted molar refractivity (Wildman–Crippen MR) is 60.2 cm³/mol. The average molecular weight is 310 g/mol. The molecule has 0 saturated heterocycles. The first-order valence-electron chi connectivity index (χ1n) is 4.29. The second kappa shape index (κ2) is 4.79. The summed E-state index contributed by atoms with van der Waals surface area (Å²) in [5, 5.41) is 8.39.